The fourth-order valence-corrected chi connectivity index (χ4v) is 2.41. The van der Waals surface area contributed by atoms with Gasteiger partial charge < -0.3 is 5.32 Å². The molecule has 0 amide bonds. The Hall–Kier alpha value is -1.56. The molecule has 0 unspecified atom stereocenters. The zero-order chi connectivity index (χ0) is 11.6. The average Bonchev–Trinajstić information content (AvgIpc) is 2.64. The van der Waals surface area contributed by atoms with E-state index >= 15 is 0 Å². The van der Waals surface area contributed by atoms with Crippen molar-refractivity contribution in [2.75, 3.05) is 6.54 Å². The summed E-state index contributed by atoms with van der Waals surface area (Å²) in [5, 5.41) is 2.94. The Kier molecular flexibility index (Phi) is 2.82. The molecular weight excluding hydrogens is 226 g/mol. The topological polar surface area (TPSA) is 70.6 Å². The zero-order valence-corrected chi connectivity index (χ0v) is 9.66. The van der Waals surface area contributed by atoms with E-state index in [-0.39, 0.29) is 10.9 Å². The average molecular weight is 239 g/mol. The minimum atomic E-state index is -3.51. The second kappa shape index (κ2) is 4.13. The van der Waals surface area contributed by atoms with Crippen LogP contribution in [0.5, 0.6) is 0 Å². The number of sulfonamides is 1. The van der Waals surface area contributed by atoms with Gasteiger partial charge in [0.25, 0.3) is 10.0 Å². The third-order valence-corrected chi connectivity index (χ3v) is 3.55. The van der Waals surface area contributed by atoms with Gasteiger partial charge in [-0.2, -0.15) is 0 Å². The molecule has 0 aromatic heterocycles. The molecule has 6 heteroatoms. The van der Waals surface area contributed by atoms with Gasteiger partial charge in [0.2, 0.25) is 5.96 Å². The number of aliphatic imine (C=N–C) groups is 1. The maximum Gasteiger partial charge on any atom is 0.264 e. The predicted octanol–water partition coefficient (Wildman–Crippen LogP) is 0.313. The Labute approximate surface area is 94.6 Å². The van der Waals surface area contributed by atoms with Gasteiger partial charge >= 0.3 is 0 Å². The Morgan fingerprint density at radius 1 is 1.38 bits per heavy atom. The highest BCUT2D eigenvalue weighted by molar-refractivity contribution is 7.90. The largest absolute Gasteiger partial charge is 0.351 e. The van der Waals surface area contributed by atoms with Gasteiger partial charge in [-0.15, -0.1) is 0 Å². The molecule has 1 aromatic carbocycles. The fourth-order valence-electron chi connectivity index (χ4n) is 1.40. The van der Waals surface area contributed by atoms with Gasteiger partial charge in [0, 0.05) is 6.04 Å². The van der Waals surface area contributed by atoms with Crippen LogP contribution >= 0.6 is 0 Å². The lowest BCUT2D eigenvalue weighted by molar-refractivity contribution is 0.591. The van der Waals surface area contributed by atoms with Crippen molar-refractivity contribution >= 4 is 16.0 Å². The van der Waals surface area contributed by atoms with E-state index in [1.165, 1.54) is 0 Å². The highest BCUT2D eigenvalue weighted by Crippen LogP contribution is 2.07. The van der Waals surface area contributed by atoms with E-state index in [9.17, 15) is 8.42 Å². The number of hydrogen-bond donors (Lipinski definition) is 2. The molecule has 5 nitrogen and oxygen atoms in total. The Balaban J connectivity index is 2.16. The first-order valence-corrected chi connectivity index (χ1v) is 6.45. The lowest BCUT2D eigenvalue weighted by Crippen LogP contribution is -2.40. The van der Waals surface area contributed by atoms with Gasteiger partial charge in [0.1, 0.15) is 0 Å². The van der Waals surface area contributed by atoms with E-state index in [2.05, 4.69) is 15.0 Å². The summed E-state index contributed by atoms with van der Waals surface area (Å²) in [4.78, 5) is 4.28. The molecule has 0 radical (unpaired) electrons. The summed E-state index contributed by atoms with van der Waals surface area (Å²) in [7, 11) is -3.51. The van der Waals surface area contributed by atoms with Crippen LogP contribution in [0.3, 0.4) is 0 Å². The van der Waals surface area contributed by atoms with Crippen molar-refractivity contribution in [3.05, 3.63) is 30.3 Å². The van der Waals surface area contributed by atoms with Crippen LogP contribution < -0.4 is 10.0 Å². The van der Waals surface area contributed by atoms with Crippen LogP contribution in [-0.2, 0) is 10.0 Å². The standard InChI is InChI=1S/C10H13N3O2S/c1-8-7-11-10(12-8)13-16(14,15)9-5-3-2-4-6-9/h2-6,8H,7H2,1H3,(H2,11,12,13)/t8-/m1/s1. The van der Waals surface area contributed by atoms with Gasteiger partial charge in [-0.25, -0.2) is 13.1 Å². The summed E-state index contributed by atoms with van der Waals surface area (Å²) >= 11 is 0. The molecule has 1 aliphatic rings. The van der Waals surface area contributed by atoms with Crippen LogP contribution in [0.2, 0.25) is 0 Å². The van der Waals surface area contributed by atoms with Crippen molar-refractivity contribution in [1.82, 2.24) is 10.0 Å². The zero-order valence-electron chi connectivity index (χ0n) is 8.84. The Bertz CT molecular complexity index is 496. The van der Waals surface area contributed by atoms with Crippen LogP contribution in [0.4, 0.5) is 0 Å². The van der Waals surface area contributed by atoms with Crippen molar-refractivity contribution in [3.8, 4) is 0 Å². The Morgan fingerprint density at radius 3 is 2.62 bits per heavy atom. The number of hydrogen-bond acceptors (Lipinski definition) is 4. The second-order valence-electron chi connectivity index (χ2n) is 3.65. The van der Waals surface area contributed by atoms with Gasteiger partial charge in [-0.05, 0) is 19.1 Å². The molecule has 1 atom stereocenters. The third kappa shape index (κ3) is 2.33. The van der Waals surface area contributed by atoms with Crippen LogP contribution in [0.1, 0.15) is 6.92 Å². The fraction of sp³-hybridized carbons (Fsp3) is 0.300. The third-order valence-electron chi connectivity index (χ3n) is 2.19. The summed E-state index contributed by atoms with van der Waals surface area (Å²) in [6.07, 6.45) is 0. The van der Waals surface area contributed by atoms with Crippen LogP contribution in [0.25, 0.3) is 0 Å². The van der Waals surface area contributed by atoms with Gasteiger partial charge in [-0.3, -0.25) is 4.99 Å². The first-order chi connectivity index (χ1) is 7.58. The van der Waals surface area contributed by atoms with Gasteiger partial charge in [0.05, 0.1) is 11.4 Å². The minimum absolute atomic E-state index is 0.175. The van der Waals surface area contributed by atoms with Gasteiger partial charge in [-0.1, -0.05) is 18.2 Å². The number of nitrogens with zero attached hydrogens (tertiary/aromatic N) is 1. The van der Waals surface area contributed by atoms with Gasteiger partial charge in [0.15, 0.2) is 0 Å². The lowest BCUT2D eigenvalue weighted by atomic mass is 10.4. The molecule has 16 heavy (non-hydrogen) atoms. The SMILES string of the molecule is C[C@@H]1CN=C(NS(=O)(=O)c2ccccc2)N1. The number of rotatable bonds is 2. The smallest absolute Gasteiger partial charge is 0.264 e. The van der Waals surface area contributed by atoms with E-state index in [1.54, 1.807) is 30.3 Å². The maximum absolute atomic E-state index is 11.9. The van der Waals surface area contributed by atoms with Crippen molar-refractivity contribution in [1.29, 1.82) is 0 Å². The summed E-state index contributed by atoms with van der Waals surface area (Å²) in [6, 6.07) is 8.39. The van der Waals surface area contributed by atoms with Crippen molar-refractivity contribution in [2.45, 2.75) is 17.9 Å². The van der Waals surface area contributed by atoms with E-state index in [0.717, 1.165) is 0 Å². The van der Waals surface area contributed by atoms with Crippen molar-refractivity contribution in [2.24, 2.45) is 4.99 Å². The highest BCUT2D eigenvalue weighted by Gasteiger charge is 2.19. The molecule has 2 N–H and O–H groups in total. The normalized spacial score (nSPS) is 20.1. The molecule has 1 heterocycles. The monoisotopic (exact) mass is 239 g/mol. The Morgan fingerprint density at radius 2 is 2.06 bits per heavy atom. The lowest BCUT2D eigenvalue weighted by Gasteiger charge is -2.09. The quantitative estimate of drug-likeness (QED) is 0.780. The number of nitrogens with one attached hydrogen (secondary N) is 2. The number of guanidine groups is 1. The van der Waals surface area contributed by atoms with Crippen LogP contribution in [-0.4, -0.2) is 27.0 Å². The molecule has 0 saturated heterocycles. The summed E-state index contributed by atoms with van der Waals surface area (Å²) in [5.41, 5.74) is 0. The van der Waals surface area contributed by atoms with E-state index in [1.807, 2.05) is 6.92 Å². The van der Waals surface area contributed by atoms with E-state index < -0.39 is 10.0 Å². The van der Waals surface area contributed by atoms with Crippen LogP contribution in [0, 0.1) is 0 Å². The molecule has 0 fully saturated rings. The minimum Gasteiger partial charge on any atom is -0.351 e. The number of benzene rings is 1. The molecule has 2 rings (SSSR count). The molecule has 0 aliphatic carbocycles. The van der Waals surface area contributed by atoms with E-state index in [4.69, 9.17) is 0 Å². The molecule has 0 saturated carbocycles. The second-order valence-corrected chi connectivity index (χ2v) is 5.34. The summed E-state index contributed by atoms with van der Waals surface area (Å²) in [6.45, 7) is 2.53. The first kappa shape index (κ1) is 10.9. The summed E-state index contributed by atoms with van der Waals surface area (Å²) in [5.74, 6) is 0.316. The van der Waals surface area contributed by atoms with Crippen molar-refractivity contribution < 1.29 is 8.42 Å². The molecule has 0 spiro atoms. The maximum atomic E-state index is 11.9. The highest BCUT2D eigenvalue weighted by atomic mass is 32.2. The predicted molar refractivity (Wildman–Crippen MR) is 61.7 cm³/mol. The summed E-state index contributed by atoms with van der Waals surface area (Å²) < 4.78 is 26.1. The molecular formula is C10H13N3O2S. The molecule has 1 aliphatic heterocycles. The molecule has 0 bridgehead atoms. The molecule has 1 aromatic rings. The van der Waals surface area contributed by atoms with E-state index in [0.29, 0.717) is 12.5 Å². The molecule has 86 valence electrons. The van der Waals surface area contributed by atoms with Crippen molar-refractivity contribution in [3.63, 3.8) is 0 Å². The first-order valence-electron chi connectivity index (χ1n) is 4.97. The van der Waals surface area contributed by atoms with Crippen LogP contribution in [0.15, 0.2) is 40.2 Å².